The van der Waals surface area contributed by atoms with Crippen molar-refractivity contribution in [3.63, 3.8) is 0 Å². The quantitative estimate of drug-likeness (QED) is 0.0722. The Morgan fingerprint density at radius 3 is 2.49 bits per heavy atom. The first-order chi connectivity index (χ1) is 24.9. The molecule has 3 fully saturated rings. The number of fused-ring (bicyclic) bond motifs is 4. The first-order valence-corrected chi connectivity index (χ1v) is 18.5. The van der Waals surface area contributed by atoms with E-state index in [9.17, 15) is 24.9 Å². The predicted octanol–water partition coefficient (Wildman–Crippen LogP) is 6.63. The van der Waals surface area contributed by atoms with Gasteiger partial charge in [-0.1, -0.05) is 50.3 Å². The van der Waals surface area contributed by atoms with Gasteiger partial charge in [-0.15, -0.1) is 0 Å². The molecule has 1 unspecified atom stereocenters. The summed E-state index contributed by atoms with van der Waals surface area (Å²) in [6.45, 7) is 4.84. The number of pyridine rings is 2. The molecule has 0 spiro atoms. The van der Waals surface area contributed by atoms with Gasteiger partial charge in [0.2, 0.25) is 5.56 Å². The average Bonchev–Trinajstić information content (AvgIpc) is 3.15. The van der Waals surface area contributed by atoms with Crippen molar-refractivity contribution < 1.29 is 24.9 Å². The summed E-state index contributed by atoms with van der Waals surface area (Å²) in [6.07, 6.45) is 9.77. The third kappa shape index (κ3) is 9.27. The van der Waals surface area contributed by atoms with Crippen molar-refractivity contribution in [2.45, 2.75) is 69.9 Å². The third-order valence-electron chi connectivity index (χ3n) is 10.6. The normalized spacial score (nSPS) is 19.5. The van der Waals surface area contributed by atoms with E-state index >= 15 is 0 Å². The van der Waals surface area contributed by atoms with Crippen LogP contribution in [0.2, 0.25) is 0 Å². The highest BCUT2D eigenvalue weighted by Crippen LogP contribution is 2.44. The Hall–Kier alpha value is -4.45. The number of phenols is 1. The highest BCUT2D eigenvalue weighted by atomic mass is 16.5. The number of nitrogens with one attached hydrogen (secondary N) is 2. The Kier molecular flexibility index (Phi) is 12.6. The first kappa shape index (κ1) is 36.3. The van der Waals surface area contributed by atoms with E-state index in [1.807, 2.05) is 42.5 Å². The molecule has 0 aliphatic carbocycles. The number of carbonyl (C=O) groups is 1. The van der Waals surface area contributed by atoms with Crippen molar-refractivity contribution in [3.8, 4) is 11.5 Å². The molecule has 3 atom stereocenters. The minimum absolute atomic E-state index is 0.0150. The average molecular weight is 698 g/mol. The van der Waals surface area contributed by atoms with Gasteiger partial charge in [0.15, 0.2) is 0 Å². The number of nitrogens with zero attached hydrogens (tertiary/aromatic N) is 3. The van der Waals surface area contributed by atoms with Crippen LogP contribution in [-0.4, -0.2) is 75.6 Å². The largest absolute Gasteiger partial charge is 0.506 e. The van der Waals surface area contributed by atoms with E-state index in [1.54, 1.807) is 18.3 Å². The molecular formula is C40H51N5O6. The zero-order valence-electron chi connectivity index (χ0n) is 29.3. The van der Waals surface area contributed by atoms with Crippen LogP contribution in [0.5, 0.6) is 11.5 Å². The summed E-state index contributed by atoms with van der Waals surface area (Å²) in [4.78, 5) is 35.8. The molecule has 0 radical (unpaired) electrons. The number of hydrogen-bond acceptors (Lipinski definition) is 8. The monoisotopic (exact) mass is 697 g/mol. The number of aliphatic hydroxyl groups excluding tert-OH is 1. The molecule has 5 N–H and O–H groups in total. The summed E-state index contributed by atoms with van der Waals surface area (Å²) in [7, 11) is 0. The Bertz CT molecular complexity index is 1780. The van der Waals surface area contributed by atoms with Gasteiger partial charge in [-0.05, 0) is 93.2 Å². The zero-order valence-corrected chi connectivity index (χ0v) is 29.3. The number of unbranched alkanes of at least 4 members (excludes halogenated alkanes) is 6. The highest BCUT2D eigenvalue weighted by molar-refractivity contribution is 5.88. The molecule has 1 amide bonds. The van der Waals surface area contributed by atoms with Gasteiger partial charge in [0.05, 0.1) is 35.7 Å². The van der Waals surface area contributed by atoms with Gasteiger partial charge in [0, 0.05) is 42.7 Å². The number of ether oxygens (including phenoxy) is 1. The summed E-state index contributed by atoms with van der Waals surface area (Å²) in [5.41, 5.74) is 2.11. The lowest BCUT2D eigenvalue weighted by Gasteiger charge is -2.49. The van der Waals surface area contributed by atoms with Crippen LogP contribution in [-0.2, 0) is 0 Å². The summed E-state index contributed by atoms with van der Waals surface area (Å²) in [5.74, 6) is 1.32. The lowest BCUT2D eigenvalue weighted by molar-refractivity contribution is 0.0351. The van der Waals surface area contributed by atoms with Gasteiger partial charge >= 0.3 is 6.09 Å². The Morgan fingerprint density at radius 2 is 1.76 bits per heavy atom. The number of anilines is 1. The van der Waals surface area contributed by atoms with Crippen LogP contribution in [0.15, 0.2) is 77.7 Å². The van der Waals surface area contributed by atoms with E-state index < -0.39 is 12.2 Å². The van der Waals surface area contributed by atoms with Crippen molar-refractivity contribution >= 4 is 22.7 Å². The summed E-state index contributed by atoms with van der Waals surface area (Å²) >= 11 is 0. The van der Waals surface area contributed by atoms with Crippen molar-refractivity contribution in [3.05, 3.63) is 94.5 Å². The van der Waals surface area contributed by atoms with Gasteiger partial charge in [-0.25, -0.2) is 4.79 Å². The van der Waals surface area contributed by atoms with Gasteiger partial charge in [0.25, 0.3) is 0 Å². The van der Waals surface area contributed by atoms with Gasteiger partial charge < -0.3 is 35.3 Å². The molecule has 2 aromatic heterocycles. The fourth-order valence-electron chi connectivity index (χ4n) is 7.90. The molecule has 2 aromatic carbocycles. The van der Waals surface area contributed by atoms with E-state index in [1.165, 1.54) is 17.0 Å². The molecule has 4 aromatic rings. The van der Waals surface area contributed by atoms with Crippen molar-refractivity contribution in [2.24, 2.45) is 11.8 Å². The summed E-state index contributed by atoms with van der Waals surface area (Å²) in [5, 5.41) is 35.3. The van der Waals surface area contributed by atoms with Crippen LogP contribution in [0.1, 0.15) is 81.2 Å². The molecule has 51 heavy (non-hydrogen) atoms. The number of benzene rings is 2. The lowest BCUT2D eigenvalue weighted by Crippen LogP contribution is -2.53. The number of aromatic nitrogens is 2. The van der Waals surface area contributed by atoms with Gasteiger partial charge in [-0.3, -0.25) is 14.7 Å². The molecule has 3 aliphatic heterocycles. The number of aromatic amines is 1. The number of phenolic OH excluding ortho intramolecular Hbond substituents is 1. The van der Waals surface area contributed by atoms with Crippen molar-refractivity contribution in [2.75, 3.05) is 44.2 Å². The number of H-pyrrole nitrogens is 1. The SMILES string of the molecule is O=C(O)N(c1cccc(OCCCCCCCCCNC[C@H](O)c2ccc(O)c3[nH]c(=O)ccc23)c1)[C@@H](c1ccccn1)C1CN2CCC1CC2. The number of aromatic hydroxyl groups is 1. The van der Waals surface area contributed by atoms with Crippen molar-refractivity contribution in [1.82, 2.24) is 20.2 Å². The topological polar surface area (TPSA) is 151 Å². The summed E-state index contributed by atoms with van der Waals surface area (Å²) in [6, 6.07) is 19.1. The lowest BCUT2D eigenvalue weighted by atomic mass is 9.74. The molecular weight excluding hydrogens is 646 g/mol. The fourth-order valence-corrected chi connectivity index (χ4v) is 7.90. The van der Waals surface area contributed by atoms with Gasteiger partial charge in [0.1, 0.15) is 11.5 Å². The Morgan fingerprint density at radius 1 is 0.980 bits per heavy atom. The van der Waals surface area contributed by atoms with E-state index in [0.717, 1.165) is 89.7 Å². The van der Waals surface area contributed by atoms with E-state index in [4.69, 9.17) is 4.74 Å². The Balaban J connectivity index is 0.896. The molecule has 5 heterocycles. The maximum atomic E-state index is 12.9. The van der Waals surface area contributed by atoms with Gasteiger partial charge in [-0.2, -0.15) is 0 Å². The smallest absolute Gasteiger partial charge is 0.412 e. The number of rotatable bonds is 18. The van der Waals surface area contributed by atoms with Crippen molar-refractivity contribution in [1.29, 1.82) is 0 Å². The Labute approximate surface area is 299 Å². The van der Waals surface area contributed by atoms with Crippen LogP contribution in [0.25, 0.3) is 10.9 Å². The fraction of sp³-hybridized carbons (Fsp3) is 0.475. The van der Waals surface area contributed by atoms with E-state index in [-0.39, 0.29) is 23.3 Å². The minimum atomic E-state index is -0.977. The van der Waals surface area contributed by atoms with E-state index in [0.29, 0.717) is 47.0 Å². The highest BCUT2D eigenvalue weighted by Gasteiger charge is 2.44. The minimum Gasteiger partial charge on any atom is -0.506 e. The second kappa shape index (κ2) is 17.7. The van der Waals surface area contributed by atoms with Crippen LogP contribution in [0.3, 0.4) is 0 Å². The molecule has 7 rings (SSSR count). The molecule has 11 nitrogen and oxygen atoms in total. The zero-order chi connectivity index (χ0) is 35.6. The second-order valence-corrected chi connectivity index (χ2v) is 14.0. The first-order valence-electron chi connectivity index (χ1n) is 18.5. The van der Waals surface area contributed by atoms with E-state index in [2.05, 4.69) is 20.2 Å². The number of piperidine rings is 3. The maximum absolute atomic E-state index is 12.9. The molecule has 272 valence electrons. The van der Waals surface area contributed by atoms with Crippen LogP contribution < -0.4 is 20.5 Å². The third-order valence-corrected chi connectivity index (χ3v) is 10.6. The second-order valence-electron chi connectivity index (χ2n) is 14.0. The number of amides is 1. The molecule has 0 saturated carbocycles. The molecule has 3 saturated heterocycles. The molecule has 3 aliphatic rings. The predicted molar refractivity (Wildman–Crippen MR) is 198 cm³/mol. The number of hydrogen-bond donors (Lipinski definition) is 5. The molecule has 2 bridgehead atoms. The maximum Gasteiger partial charge on any atom is 0.412 e. The molecule has 11 heteroatoms. The van der Waals surface area contributed by atoms with Crippen LogP contribution in [0, 0.1) is 11.8 Å². The van der Waals surface area contributed by atoms with Crippen LogP contribution >= 0.6 is 0 Å². The standard InChI is InChI=1S/C40H51N5O6/c46-35-16-14-31(32-15-17-37(48)43-38(32)35)36(47)26-41-20-7-4-2-1-3-5-9-24-51-30-12-10-11-29(25-30)45(40(49)50)39(34-13-6-8-21-42-34)33-27-44-22-18-28(33)19-23-44/h6,8,10-17,21,25,28,33,36,39,41,46-47H,1-5,7,9,18-20,22-24,26-27H2,(H,43,48)(H,49,50)/t33?,36-,39+/m0/s1. The number of carboxylic acid groups (broad SMARTS) is 1. The van der Waals surface area contributed by atoms with Crippen LogP contribution in [0.4, 0.5) is 10.5 Å². The number of aliphatic hydroxyl groups is 1. The summed E-state index contributed by atoms with van der Waals surface area (Å²) < 4.78 is 6.11.